The Morgan fingerprint density at radius 3 is 1.79 bits per heavy atom. The van der Waals surface area contributed by atoms with E-state index in [1.807, 2.05) is 30.3 Å². The summed E-state index contributed by atoms with van der Waals surface area (Å²) in [6.07, 6.45) is 0. The second kappa shape index (κ2) is 12.0. The molecule has 0 fully saturated rings. The van der Waals surface area contributed by atoms with Gasteiger partial charge in [-0.3, -0.25) is 0 Å². The average Bonchev–Trinajstić information content (AvgIpc) is 3.94. The molecule has 0 radical (unpaired) electrons. The first kappa shape index (κ1) is 30.9. The lowest BCUT2D eigenvalue weighted by atomic mass is 9.97. The second-order valence-electron chi connectivity index (χ2n) is 14.4. The van der Waals surface area contributed by atoms with Crippen LogP contribution in [0.15, 0.2) is 201 Å². The lowest BCUT2D eigenvalue weighted by molar-refractivity contribution is 0.668. The van der Waals surface area contributed by atoms with E-state index < -0.39 is 0 Å². The highest BCUT2D eigenvalue weighted by Crippen LogP contribution is 2.47. The van der Waals surface area contributed by atoms with Gasteiger partial charge in [0.15, 0.2) is 5.58 Å². The molecule has 0 aliphatic rings. The number of furan rings is 3. The summed E-state index contributed by atoms with van der Waals surface area (Å²) in [6.45, 7) is 0. The van der Waals surface area contributed by atoms with Gasteiger partial charge in [0, 0.05) is 43.6 Å². The second-order valence-corrected chi connectivity index (χ2v) is 14.4. The number of para-hydroxylation sites is 4. The Hall–Kier alpha value is -7.56. The standard InChI is InChI=1S/C52H31NO3/c1-2-12-34-31-50-43(29-33(34)11-1)42-30-35(25-28-48(42)55-50)37-13-3-6-18-44(37)53(45-19-9-17-40-39-14-4-7-20-46(39)56-52(40)45)36-26-23-32(24-27-36)38-16-10-22-49-51(38)41-15-5-8-21-47(41)54-49/h1-31H. The Bertz CT molecular complexity index is 3490. The van der Waals surface area contributed by atoms with E-state index in [9.17, 15) is 0 Å². The Balaban J connectivity index is 1.06. The molecule has 0 unspecified atom stereocenters. The van der Waals surface area contributed by atoms with Crippen molar-refractivity contribution in [3.63, 3.8) is 0 Å². The molecule has 0 bridgehead atoms. The lowest BCUT2D eigenvalue weighted by Gasteiger charge is -2.28. The number of nitrogens with zero attached hydrogens (tertiary/aromatic N) is 1. The fraction of sp³-hybridized carbons (Fsp3) is 0. The molecule has 3 aromatic heterocycles. The molecule has 0 saturated carbocycles. The highest BCUT2D eigenvalue weighted by atomic mass is 16.3. The van der Waals surface area contributed by atoms with Crippen LogP contribution < -0.4 is 4.90 Å². The van der Waals surface area contributed by atoms with Crippen molar-refractivity contribution in [2.45, 2.75) is 0 Å². The van der Waals surface area contributed by atoms with Crippen LogP contribution in [0.1, 0.15) is 0 Å². The summed E-state index contributed by atoms with van der Waals surface area (Å²) in [5.41, 5.74) is 12.7. The van der Waals surface area contributed by atoms with E-state index in [0.29, 0.717) is 0 Å². The van der Waals surface area contributed by atoms with E-state index in [4.69, 9.17) is 13.3 Å². The van der Waals surface area contributed by atoms with Crippen molar-refractivity contribution in [2.75, 3.05) is 4.90 Å². The smallest absolute Gasteiger partial charge is 0.159 e. The average molecular weight is 718 g/mol. The molecule has 0 amide bonds. The Morgan fingerprint density at radius 2 is 0.911 bits per heavy atom. The molecular formula is C52H31NO3. The molecule has 0 atom stereocenters. The molecule has 56 heavy (non-hydrogen) atoms. The number of fused-ring (bicyclic) bond motifs is 10. The molecule has 0 aliphatic heterocycles. The molecule has 12 aromatic rings. The quantitative estimate of drug-likeness (QED) is 0.178. The molecule has 0 saturated heterocycles. The Labute approximate surface area is 321 Å². The molecule has 3 heterocycles. The zero-order valence-corrected chi connectivity index (χ0v) is 30.1. The van der Waals surface area contributed by atoms with Crippen LogP contribution in [0.5, 0.6) is 0 Å². The Morgan fingerprint density at radius 1 is 0.321 bits per heavy atom. The van der Waals surface area contributed by atoms with Crippen LogP contribution in [0.4, 0.5) is 17.1 Å². The maximum absolute atomic E-state index is 6.69. The van der Waals surface area contributed by atoms with Gasteiger partial charge >= 0.3 is 0 Å². The third-order valence-corrected chi connectivity index (χ3v) is 11.3. The molecular weight excluding hydrogens is 687 g/mol. The van der Waals surface area contributed by atoms with Crippen LogP contribution in [-0.4, -0.2) is 0 Å². The molecule has 4 nitrogen and oxygen atoms in total. The molecule has 4 heteroatoms. The highest BCUT2D eigenvalue weighted by Gasteiger charge is 2.23. The van der Waals surface area contributed by atoms with Crippen molar-refractivity contribution in [3.05, 3.63) is 188 Å². The number of rotatable bonds is 5. The van der Waals surface area contributed by atoms with Gasteiger partial charge in [-0.2, -0.15) is 0 Å². The molecule has 0 aliphatic carbocycles. The highest BCUT2D eigenvalue weighted by molar-refractivity contribution is 6.14. The van der Waals surface area contributed by atoms with E-state index >= 15 is 0 Å². The third-order valence-electron chi connectivity index (χ3n) is 11.3. The van der Waals surface area contributed by atoms with Crippen LogP contribution >= 0.6 is 0 Å². The van der Waals surface area contributed by atoms with Gasteiger partial charge in [-0.05, 0) is 94.2 Å². The number of anilines is 3. The summed E-state index contributed by atoms with van der Waals surface area (Å²) in [5.74, 6) is 0. The maximum atomic E-state index is 6.69. The summed E-state index contributed by atoms with van der Waals surface area (Å²) < 4.78 is 19.4. The van der Waals surface area contributed by atoms with Crippen LogP contribution in [0.3, 0.4) is 0 Å². The van der Waals surface area contributed by atoms with Crippen molar-refractivity contribution in [2.24, 2.45) is 0 Å². The van der Waals surface area contributed by atoms with Gasteiger partial charge in [-0.25, -0.2) is 0 Å². The minimum Gasteiger partial charge on any atom is -0.456 e. The number of benzene rings is 9. The molecule has 262 valence electrons. The molecule has 0 N–H and O–H groups in total. The summed E-state index contributed by atoms with van der Waals surface area (Å²) in [5, 5.41) is 8.98. The van der Waals surface area contributed by atoms with Gasteiger partial charge in [0.2, 0.25) is 0 Å². The van der Waals surface area contributed by atoms with E-state index in [-0.39, 0.29) is 0 Å². The van der Waals surface area contributed by atoms with E-state index in [1.54, 1.807) is 0 Å². The van der Waals surface area contributed by atoms with Crippen molar-refractivity contribution < 1.29 is 13.3 Å². The van der Waals surface area contributed by atoms with Crippen LogP contribution in [0.2, 0.25) is 0 Å². The van der Waals surface area contributed by atoms with E-state index in [0.717, 1.165) is 105 Å². The monoisotopic (exact) mass is 717 g/mol. The van der Waals surface area contributed by atoms with Crippen molar-refractivity contribution in [3.8, 4) is 22.3 Å². The fourth-order valence-corrected chi connectivity index (χ4v) is 8.66. The molecule has 9 aromatic carbocycles. The largest absolute Gasteiger partial charge is 0.456 e. The number of hydrogen-bond acceptors (Lipinski definition) is 4. The van der Waals surface area contributed by atoms with Crippen molar-refractivity contribution >= 4 is 93.7 Å². The fourth-order valence-electron chi connectivity index (χ4n) is 8.66. The van der Waals surface area contributed by atoms with Gasteiger partial charge in [0.25, 0.3) is 0 Å². The predicted octanol–water partition coefficient (Wildman–Crippen LogP) is 15.3. The predicted molar refractivity (Wildman–Crippen MR) is 231 cm³/mol. The van der Waals surface area contributed by atoms with Gasteiger partial charge in [0.05, 0.1) is 11.4 Å². The first-order valence-corrected chi connectivity index (χ1v) is 18.9. The maximum Gasteiger partial charge on any atom is 0.159 e. The van der Waals surface area contributed by atoms with Crippen molar-refractivity contribution in [1.29, 1.82) is 0 Å². The molecule has 12 rings (SSSR count). The summed E-state index contributed by atoms with van der Waals surface area (Å²) >= 11 is 0. The van der Waals surface area contributed by atoms with Gasteiger partial charge in [-0.15, -0.1) is 0 Å². The normalized spacial score (nSPS) is 11.9. The zero-order valence-electron chi connectivity index (χ0n) is 30.1. The Kier molecular flexibility index (Phi) is 6.60. The lowest BCUT2D eigenvalue weighted by Crippen LogP contribution is -2.11. The van der Waals surface area contributed by atoms with Gasteiger partial charge in [-0.1, -0.05) is 121 Å². The third kappa shape index (κ3) is 4.66. The minimum atomic E-state index is 0.838. The van der Waals surface area contributed by atoms with Gasteiger partial charge < -0.3 is 18.2 Å². The van der Waals surface area contributed by atoms with Crippen LogP contribution in [0, 0.1) is 0 Å². The van der Waals surface area contributed by atoms with E-state index in [2.05, 4.69) is 163 Å². The van der Waals surface area contributed by atoms with Crippen LogP contribution in [-0.2, 0) is 0 Å². The first-order chi connectivity index (χ1) is 27.7. The molecule has 0 spiro atoms. The zero-order chi connectivity index (χ0) is 36.7. The summed E-state index contributed by atoms with van der Waals surface area (Å²) in [6, 6.07) is 66.1. The summed E-state index contributed by atoms with van der Waals surface area (Å²) in [4.78, 5) is 2.34. The van der Waals surface area contributed by atoms with Crippen LogP contribution in [0.25, 0.3) is 98.8 Å². The first-order valence-electron chi connectivity index (χ1n) is 18.9. The summed E-state index contributed by atoms with van der Waals surface area (Å²) in [7, 11) is 0. The topological polar surface area (TPSA) is 42.7 Å². The van der Waals surface area contributed by atoms with E-state index in [1.165, 1.54) is 10.8 Å². The number of hydrogen-bond donors (Lipinski definition) is 0. The SMILES string of the molecule is c1ccc(N(c2ccc(-c3cccc4oc5ccccc5c34)cc2)c2cccc3c2oc2ccccc23)c(-c2ccc3oc4cc5ccccc5cc4c3c2)c1. The van der Waals surface area contributed by atoms with Crippen molar-refractivity contribution in [1.82, 2.24) is 0 Å². The van der Waals surface area contributed by atoms with Gasteiger partial charge in [0.1, 0.15) is 27.9 Å². The minimum absolute atomic E-state index is 0.838.